The van der Waals surface area contributed by atoms with Crippen molar-refractivity contribution in [2.45, 2.75) is 13.0 Å². The molecule has 19 heavy (non-hydrogen) atoms. The van der Waals surface area contributed by atoms with Crippen molar-refractivity contribution in [3.05, 3.63) is 59.7 Å². The third-order valence-corrected chi connectivity index (χ3v) is 2.81. The molecule has 0 fully saturated rings. The van der Waals surface area contributed by atoms with Crippen LogP contribution in [0, 0.1) is 0 Å². The van der Waals surface area contributed by atoms with Crippen molar-refractivity contribution in [2.24, 2.45) is 0 Å². The van der Waals surface area contributed by atoms with Gasteiger partial charge in [0.1, 0.15) is 24.4 Å². The van der Waals surface area contributed by atoms with Crippen LogP contribution in [0.5, 0.6) is 11.5 Å². The van der Waals surface area contributed by atoms with Gasteiger partial charge in [0.25, 0.3) is 0 Å². The number of carbonyl (C=O) groups is 1. The van der Waals surface area contributed by atoms with Gasteiger partial charge in [-0.3, -0.25) is 0 Å². The molecule has 0 saturated carbocycles. The Balaban J connectivity index is 2.15. The highest BCUT2D eigenvalue weighted by Crippen LogP contribution is 2.25. The third kappa shape index (κ3) is 3.58. The van der Waals surface area contributed by atoms with Gasteiger partial charge >= 0.3 is 0 Å². The summed E-state index contributed by atoms with van der Waals surface area (Å²) >= 11 is 0. The first-order chi connectivity index (χ1) is 9.33. The van der Waals surface area contributed by atoms with Crippen molar-refractivity contribution in [2.75, 3.05) is 7.11 Å². The first-order valence-corrected chi connectivity index (χ1v) is 6.10. The molecule has 0 atom stereocenters. The molecule has 0 bridgehead atoms. The number of hydrogen-bond acceptors (Lipinski definition) is 3. The zero-order valence-corrected chi connectivity index (χ0v) is 10.8. The van der Waals surface area contributed by atoms with Crippen LogP contribution in [0.4, 0.5) is 0 Å². The van der Waals surface area contributed by atoms with E-state index in [-0.39, 0.29) is 0 Å². The van der Waals surface area contributed by atoms with E-state index in [1.54, 1.807) is 7.11 Å². The van der Waals surface area contributed by atoms with E-state index in [1.807, 2.05) is 48.5 Å². The van der Waals surface area contributed by atoms with Gasteiger partial charge in [0.05, 0.1) is 7.11 Å². The topological polar surface area (TPSA) is 35.5 Å². The first kappa shape index (κ1) is 13.1. The van der Waals surface area contributed by atoms with Crippen molar-refractivity contribution >= 4 is 6.29 Å². The number of methoxy groups -OCH3 is 1. The number of ether oxygens (including phenoxy) is 2. The summed E-state index contributed by atoms with van der Waals surface area (Å²) in [7, 11) is 1.61. The van der Waals surface area contributed by atoms with Gasteiger partial charge in [0, 0.05) is 18.1 Å². The molecule has 2 rings (SSSR count). The molecule has 0 unspecified atom stereocenters. The van der Waals surface area contributed by atoms with Crippen LogP contribution in [-0.2, 0) is 17.8 Å². The van der Waals surface area contributed by atoms with Crippen LogP contribution in [0.15, 0.2) is 48.5 Å². The van der Waals surface area contributed by atoms with Crippen molar-refractivity contribution in [3.8, 4) is 11.5 Å². The van der Waals surface area contributed by atoms with Crippen LogP contribution in [0.1, 0.15) is 11.1 Å². The summed E-state index contributed by atoms with van der Waals surface area (Å²) in [6.07, 6.45) is 1.21. The van der Waals surface area contributed by atoms with Gasteiger partial charge in [-0.15, -0.1) is 0 Å². The zero-order chi connectivity index (χ0) is 13.5. The first-order valence-electron chi connectivity index (χ1n) is 6.10. The highest BCUT2D eigenvalue weighted by molar-refractivity contribution is 5.58. The Labute approximate surface area is 112 Å². The second-order valence-electron chi connectivity index (χ2n) is 4.12. The molecule has 0 aromatic heterocycles. The fourth-order valence-corrected chi connectivity index (χ4v) is 1.79. The predicted octanol–water partition coefficient (Wildman–Crippen LogP) is 3.02. The second kappa shape index (κ2) is 6.59. The average Bonchev–Trinajstić information content (AvgIpc) is 2.47. The quantitative estimate of drug-likeness (QED) is 0.745. The molecule has 0 radical (unpaired) electrons. The minimum Gasteiger partial charge on any atom is -0.497 e. The molecule has 0 aliphatic carbocycles. The lowest BCUT2D eigenvalue weighted by atomic mass is 10.1. The Morgan fingerprint density at radius 1 is 1.11 bits per heavy atom. The molecule has 0 N–H and O–H groups in total. The van der Waals surface area contributed by atoms with Crippen molar-refractivity contribution in [1.29, 1.82) is 0 Å². The summed E-state index contributed by atoms with van der Waals surface area (Å²) < 4.78 is 11.0. The Kier molecular flexibility index (Phi) is 4.56. The Bertz CT molecular complexity index is 535. The minimum atomic E-state index is 0.341. The summed E-state index contributed by atoms with van der Waals surface area (Å²) in [4.78, 5) is 10.7. The molecule has 2 aromatic carbocycles. The molecule has 2 aromatic rings. The average molecular weight is 256 g/mol. The number of benzene rings is 2. The molecule has 0 heterocycles. The summed E-state index contributed by atoms with van der Waals surface area (Å²) in [5.74, 6) is 1.41. The van der Waals surface area contributed by atoms with Crippen molar-refractivity contribution in [1.82, 2.24) is 0 Å². The van der Waals surface area contributed by atoms with Crippen LogP contribution in [0.3, 0.4) is 0 Å². The highest BCUT2D eigenvalue weighted by Gasteiger charge is 2.06. The molecule has 98 valence electrons. The number of hydrogen-bond donors (Lipinski definition) is 0. The van der Waals surface area contributed by atoms with Crippen molar-refractivity contribution in [3.63, 3.8) is 0 Å². The monoisotopic (exact) mass is 256 g/mol. The van der Waals surface area contributed by atoms with E-state index < -0.39 is 0 Å². The molecular weight excluding hydrogens is 240 g/mol. The number of carbonyl (C=O) groups excluding carboxylic acids is 1. The standard InChI is InChI=1S/C16H16O3/c1-18-15-8-7-14(9-10-17)16(11-15)19-12-13-5-3-2-4-6-13/h2-8,10-11H,9,12H2,1H3. The maximum atomic E-state index is 10.7. The highest BCUT2D eigenvalue weighted by atomic mass is 16.5. The Hall–Kier alpha value is -2.29. The number of rotatable bonds is 6. The fraction of sp³-hybridized carbons (Fsp3) is 0.188. The van der Waals surface area contributed by atoms with Crippen LogP contribution in [0.25, 0.3) is 0 Å². The van der Waals surface area contributed by atoms with Gasteiger partial charge in [-0.05, 0) is 11.6 Å². The second-order valence-corrected chi connectivity index (χ2v) is 4.12. The molecule has 3 heteroatoms. The lowest BCUT2D eigenvalue weighted by Gasteiger charge is -2.11. The van der Waals surface area contributed by atoms with E-state index in [2.05, 4.69) is 0 Å². The smallest absolute Gasteiger partial charge is 0.127 e. The van der Waals surface area contributed by atoms with E-state index in [0.29, 0.717) is 18.8 Å². The fourth-order valence-electron chi connectivity index (χ4n) is 1.79. The van der Waals surface area contributed by atoms with Gasteiger partial charge in [-0.1, -0.05) is 36.4 Å². The lowest BCUT2D eigenvalue weighted by molar-refractivity contribution is -0.107. The van der Waals surface area contributed by atoms with Crippen LogP contribution in [0.2, 0.25) is 0 Å². The summed E-state index contributed by atoms with van der Waals surface area (Å²) in [6, 6.07) is 15.4. The van der Waals surface area contributed by atoms with E-state index in [4.69, 9.17) is 9.47 Å². The predicted molar refractivity (Wildman–Crippen MR) is 73.5 cm³/mol. The normalized spacial score (nSPS) is 9.95. The van der Waals surface area contributed by atoms with E-state index in [0.717, 1.165) is 23.2 Å². The van der Waals surface area contributed by atoms with Gasteiger partial charge in [-0.2, -0.15) is 0 Å². The molecule has 3 nitrogen and oxygen atoms in total. The molecule has 0 saturated heterocycles. The van der Waals surface area contributed by atoms with Crippen LogP contribution < -0.4 is 9.47 Å². The molecule has 0 amide bonds. The van der Waals surface area contributed by atoms with E-state index in [9.17, 15) is 4.79 Å². The van der Waals surface area contributed by atoms with Gasteiger partial charge in [-0.25, -0.2) is 0 Å². The van der Waals surface area contributed by atoms with Crippen LogP contribution >= 0.6 is 0 Å². The summed E-state index contributed by atoms with van der Waals surface area (Å²) in [5.41, 5.74) is 1.95. The largest absolute Gasteiger partial charge is 0.497 e. The minimum absolute atomic E-state index is 0.341. The Morgan fingerprint density at radius 2 is 1.89 bits per heavy atom. The van der Waals surface area contributed by atoms with Crippen LogP contribution in [-0.4, -0.2) is 13.4 Å². The summed E-state index contributed by atoms with van der Waals surface area (Å²) in [6.45, 7) is 0.472. The molecule has 0 aliphatic heterocycles. The number of aldehydes is 1. The molecule has 0 spiro atoms. The van der Waals surface area contributed by atoms with E-state index >= 15 is 0 Å². The maximum Gasteiger partial charge on any atom is 0.127 e. The zero-order valence-electron chi connectivity index (χ0n) is 10.8. The summed E-state index contributed by atoms with van der Waals surface area (Å²) in [5, 5.41) is 0. The van der Waals surface area contributed by atoms with Gasteiger partial charge in [0.15, 0.2) is 0 Å². The van der Waals surface area contributed by atoms with Gasteiger partial charge in [0.2, 0.25) is 0 Å². The lowest BCUT2D eigenvalue weighted by Crippen LogP contribution is -1.99. The molecule has 0 aliphatic rings. The Morgan fingerprint density at radius 3 is 2.58 bits per heavy atom. The van der Waals surface area contributed by atoms with Crippen molar-refractivity contribution < 1.29 is 14.3 Å². The third-order valence-electron chi connectivity index (χ3n) is 2.81. The SMILES string of the molecule is COc1ccc(CC=O)c(OCc2ccccc2)c1. The molecular formula is C16H16O3. The maximum absolute atomic E-state index is 10.7. The van der Waals surface area contributed by atoms with Gasteiger partial charge < -0.3 is 14.3 Å². The van der Waals surface area contributed by atoms with E-state index in [1.165, 1.54) is 0 Å².